The van der Waals surface area contributed by atoms with Gasteiger partial charge in [-0.05, 0) is 42.0 Å². The van der Waals surface area contributed by atoms with Crippen molar-refractivity contribution in [1.82, 2.24) is 34.5 Å². The van der Waals surface area contributed by atoms with E-state index in [0.29, 0.717) is 22.9 Å². The highest BCUT2D eigenvalue weighted by molar-refractivity contribution is 6.31. The van der Waals surface area contributed by atoms with E-state index < -0.39 is 17.6 Å². The summed E-state index contributed by atoms with van der Waals surface area (Å²) in [7, 11) is 1.51. The number of imidazole rings is 1. The molecular formula is C31H24ClF2N7O4. The van der Waals surface area contributed by atoms with Gasteiger partial charge in [0, 0.05) is 48.5 Å². The minimum absolute atomic E-state index is 0.00210. The molecule has 45 heavy (non-hydrogen) atoms. The molecule has 228 valence electrons. The molecule has 0 radical (unpaired) electrons. The second-order valence-corrected chi connectivity index (χ2v) is 10.3. The number of halogens is 3. The Morgan fingerprint density at radius 3 is 2.67 bits per heavy atom. The fraction of sp³-hybridized carbons (Fsp3) is 0.161. The predicted molar refractivity (Wildman–Crippen MR) is 159 cm³/mol. The first-order chi connectivity index (χ1) is 21.8. The van der Waals surface area contributed by atoms with E-state index in [0.717, 1.165) is 11.6 Å². The van der Waals surface area contributed by atoms with Gasteiger partial charge in [-0.15, -0.1) is 5.10 Å². The summed E-state index contributed by atoms with van der Waals surface area (Å²) in [5, 5.41) is 17.3. The lowest BCUT2D eigenvalue weighted by molar-refractivity contribution is 0.0696. The minimum atomic E-state index is -1.27. The van der Waals surface area contributed by atoms with Gasteiger partial charge in [0.25, 0.3) is 0 Å². The summed E-state index contributed by atoms with van der Waals surface area (Å²) < 4.78 is 44.6. The maximum atomic E-state index is 15.5. The molecule has 0 aliphatic carbocycles. The topological polar surface area (TPSA) is 130 Å². The maximum absolute atomic E-state index is 15.5. The number of hydrogen-bond acceptors (Lipinski definition) is 8. The molecule has 6 rings (SSSR count). The van der Waals surface area contributed by atoms with Gasteiger partial charge in [-0.1, -0.05) is 28.9 Å². The second-order valence-electron chi connectivity index (χ2n) is 9.93. The highest BCUT2D eigenvalue weighted by atomic mass is 35.5. The molecule has 0 saturated heterocycles. The summed E-state index contributed by atoms with van der Waals surface area (Å²) in [4.78, 5) is 24.7. The normalized spacial score (nSPS) is 11.3. The molecule has 0 spiro atoms. The van der Waals surface area contributed by atoms with Gasteiger partial charge in [-0.25, -0.2) is 33.2 Å². The van der Waals surface area contributed by atoms with Gasteiger partial charge >= 0.3 is 5.97 Å². The lowest BCUT2D eigenvalue weighted by atomic mass is 10.0. The molecular weight excluding hydrogens is 608 g/mol. The molecule has 11 nitrogen and oxygen atoms in total. The van der Waals surface area contributed by atoms with Gasteiger partial charge < -0.3 is 19.1 Å². The van der Waals surface area contributed by atoms with Gasteiger partial charge in [-0.2, -0.15) is 0 Å². The molecule has 1 N–H and O–H groups in total. The zero-order valence-electron chi connectivity index (χ0n) is 23.7. The molecule has 0 unspecified atom stereocenters. The van der Waals surface area contributed by atoms with Crippen LogP contribution >= 0.6 is 11.6 Å². The molecule has 0 bridgehead atoms. The minimum Gasteiger partial charge on any atom is -0.478 e. The van der Waals surface area contributed by atoms with Crippen LogP contribution in [0, 0.1) is 11.6 Å². The highest BCUT2D eigenvalue weighted by Gasteiger charge is 2.20. The Morgan fingerprint density at radius 1 is 1.07 bits per heavy atom. The zero-order chi connectivity index (χ0) is 31.5. The SMILES string of the molecule is COCCn1c(Cc2cc(F)c(-c3cccc(OCc4ccc(-n5ccnn5)nc4)n3)cc2Cl)nc2c(F)cc(C(=O)O)cc21. The number of rotatable bonds is 11. The van der Waals surface area contributed by atoms with E-state index in [-0.39, 0.29) is 59.2 Å². The van der Waals surface area contributed by atoms with Crippen molar-refractivity contribution < 1.29 is 28.2 Å². The summed E-state index contributed by atoms with van der Waals surface area (Å²) in [5.41, 5.74) is 1.75. The Bertz CT molecular complexity index is 2000. The molecule has 0 aliphatic heterocycles. The number of carbonyl (C=O) groups is 1. The van der Waals surface area contributed by atoms with Crippen LogP contribution in [0.5, 0.6) is 5.88 Å². The Hall–Kier alpha value is -5.27. The number of ether oxygens (including phenoxy) is 2. The molecule has 0 atom stereocenters. The van der Waals surface area contributed by atoms with Gasteiger partial charge in [0.1, 0.15) is 23.8 Å². The molecule has 0 amide bonds. The molecule has 4 aromatic heterocycles. The molecule has 14 heteroatoms. The fourth-order valence-corrected chi connectivity index (χ4v) is 5.01. The summed E-state index contributed by atoms with van der Waals surface area (Å²) in [6, 6.07) is 13.7. The smallest absolute Gasteiger partial charge is 0.335 e. The van der Waals surface area contributed by atoms with Crippen molar-refractivity contribution in [3.8, 4) is 23.0 Å². The second kappa shape index (κ2) is 12.8. The third-order valence-corrected chi connectivity index (χ3v) is 7.34. The van der Waals surface area contributed by atoms with Crippen molar-refractivity contribution >= 4 is 28.6 Å². The molecule has 0 fully saturated rings. The van der Waals surface area contributed by atoms with Crippen LogP contribution in [0.3, 0.4) is 0 Å². The molecule has 2 aromatic carbocycles. The summed E-state index contributed by atoms with van der Waals surface area (Å²) >= 11 is 6.63. The number of benzene rings is 2. The van der Waals surface area contributed by atoms with Crippen LogP contribution in [0.1, 0.15) is 27.3 Å². The van der Waals surface area contributed by atoms with E-state index in [1.807, 2.05) is 6.07 Å². The van der Waals surface area contributed by atoms with Gasteiger partial charge in [-0.3, -0.25) is 0 Å². The van der Waals surface area contributed by atoms with E-state index in [1.54, 1.807) is 47.4 Å². The molecule has 0 aliphatic rings. The third kappa shape index (κ3) is 6.35. The number of hydrogen-bond donors (Lipinski definition) is 1. The monoisotopic (exact) mass is 631 g/mol. The van der Waals surface area contributed by atoms with E-state index in [9.17, 15) is 14.3 Å². The first kappa shape index (κ1) is 29.8. The van der Waals surface area contributed by atoms with Crippen molar-refractivity contribution in [2.24, 2.45) is 0 Å². The number of carboxylic acids is 1. The summed E-state index contributed by atoms with van der Waals surface area (Å²) in [6.07, 6.45) is 4.95. The number of methoxy groups -OCH3 is 1. The summed E-state index contributed by atoms with van der Waals surface area (Å²) in [5.74, 6) is -1.36. The van der Waals surface area contributed by atoms with Crippen LogP contribution < -0.4 is 4.74 Å². The van der Waals surface area contributed by atoms with Crippen LogP contribution in [0.15, 0.2) is 73.2 Å². The lowest BCUT2D eigenvalue weighted by Crippen LogP contribution is -2.10. The van der Waals surface area contributed by atoms with Crippen molar-refractivity contribution in [1.29, 1.82) is 0 Å². The van der Waals surface area contributed by atoms with Crippen LogP contribution in [0.25, 0.3) is 28.1 Å². The number of nitrogens with zero attached hydrogens (tertiary/aromatic N) is 7. The number of aromatic nitrogens is 7. The first-order valence-electron chi connectivity index (χ1n) is 13.6. The first-order valence-corrected chi connectivity index (χ1v) is 14.0. The molecule has 4 heterocycles. The number of fused-ring (bicyclic) bond motifs is 1. The zero-order valence-corrected chi connectivity index (χ0v) is 24.4. The van der Waals surface area contributed by atoms with Crippen LogP contribution in [0.4, 0.5) is 8.78 Å². The number of pyridine rings is 2. The molecule has 6 aromatic rings. The van der Waals surface area contributed by atoms with Gasteiger partial charge in [0.2, 0.25) is 5.88 Å². The van der Waals surface area contributed by atoms with E-state index >= 15 is 4.39 Å². The van der Waals surface area contributed by atoms with E-state index in [2.05, 4.69) is 25.3 Å². The maximum Gasteiger partial charge on any atom is 0.335 e. The Labute approximate surface area is 259 Å². The highest BCUT2D eigenvalue weighted by Crippen LogP contribution is 2.31. The number of aromatic carboxylic acids is 1. The van der Waals surface area contributed by atoms with Crippen molar-refractivity contribution in [3.63, 3.8) is 0 Å². The van der Waals surface area contributed by atoms with Gasteiger partial charge in [0.05, 0.1) is 35.8 Å². The van der Waals surface area contributed by atoms with Crippen LogP contribution in [-0.4, -0.2) is 59.3 Å². The van der Waals surface area contributed by atoms with Crippen molar-refractivity contribution in [2.75, 3.05) is 13.7 Å². The van der Waals surface area contributed by atoms with E-state index in [4.69, 9.17) is 21.1 Å². The third-order valence-electron chi connectivity index (χ3n) is 6.99. The van der Waals surface area contributed by atoms with Crippen LogP contribution in [0.2, 0.25) is 5.02 Å². The Kier molecular flexibility index (Phi) is 8.45. The summed E-state index contributed by atoms with van der Waals surface area (Å²) in [6.45, 7) is 0.705. The predicted octanol–water partition coefficient (Wildman–Crippen LogP) is 5.52. The standard InChI is InChI=1S/C31H24ClF2N7O4/c1-44-10-9-40-26-13-20(31(42)43)12-24(34)30(26)38-28(40)14-19-11-23(33)21(15-22(19)32)25-3-2-4-29(37-25)45-17-18-5-6-27(35-16-18)41-8-7-36-39-41/h2-8,11-13,15-16H,9-10,14,17H2,1H3,(H,42,43). The average molecular weight is 632 g/mol. The van der Waals surface area contributed by atoms with Gasteiger partial charge in [0.15, 0.2) is 11.6 Å². The van der Waals surface area contributed by atoms with E-state index in [1.165, 1.54) is 30.0 Å². The number of carboxylic acid groups (broad SMARTS) is 1. The fourth-order valence-electron chi connectivity index (χ4n) is 4.78. The van der Waals surface area contributed by atoms with Crippen molar-refractivity contribution in [2.45, 2.75) is 19.6 Å². The largest absolute Gasteiger partial charge is 0.478 e. The lowest BCUT2D eigenvalue weighted by Gasteiger charge is -2.12. The average Bonchev–Trinajstić information content (AvgIpc) is 3.70. The van der Waals surface area contributed by atoms with Crippen molar-refractivity contribution in [3.05, 3.63) is 112 Å². The Balaban J connectivity index is 1.23. The molecule has 0 saturated carbocycles. The Morgan fingerprint density at radius 2 is 1.93 bits per heavy atom. The quantitative estimate of drug-likeness (QED) is 0.196. The van der Waals surface area contributed by atoms with Crippen LogP contribution in [-0.2, 0) is 24.3 Å².